The van der Waals surface area contributed by atoms with Crippen LogP contribution in [0, 0.1) is 5.92 Å². The molecule has 1 aromatic carbocycles. The fraction of sp³-hybridized carbons (Fsp3) is 0.333. The lowest BCUT2D eigenvalue weighted by atomic mass is 10.2. The Balaban J connectivity index is 3.16. The maximum atomic E-state index is 12.2. The van der Waals surface area contributed by atoms with Gasteiger partial charge in [0.25, 0.3) is 0 Å². The van der Waals surface area contributed by atoms with Crippen molar-refractivity contribution in [2.75, 3.05) is 0 Å². The summed E-state index contributed by atoms with van der Waals surface area (Å²) in [6, 6.07) is 2.32. The zero-order chi connectivity index (χ0) is 15.5. The molecule has 0 fully saturated rings. The number of hydrogen-bond acceptors (Lipinski definition) is 5. The first kappa shape index (κ1) is 15.8. The molecule has 0 saturated heterocycles. The second-order valence-electron chi connectivity index (χ2n) is 4.07. The number of esters is 1. The van der Waals surface area contributed by atoms with Crippen LogP contribution in [0.4, 0.5) is 13.2 Å². The van der Waals surface area contributed by atoms with E-state index in [1.807, 2.05) is 0 Å². The van der Waals surface area contributed by atoms with Gasteiger partial charge in [0.1, 0.15) is 0 Å². The number of hydrogen-bond donors (Lipinski definition) is 0. The van der Waals surface area contributed by atoms with Gasteiger partial charge in [0.15, 0.2) is 11.5 Å². The molecule has 0 saturated carbocycles. The van der Waals surface area contributed by atoms with Crippen molar-refractivity contribution in [3.05, 3.63) is 23.8 Å². The predicted octanol–water partition coefficient (Wildman–Crippen LogP) is 1.51. The van der Waals surface area contributed by atoms with Crippen molar-refractivity contribution >= 4 is 11.9 Å². The summed E-state index contributed by atoms with van der Waals surface area (Å²) in [4.78, 5) is 22.0. The van der Waals surface area contributed by atoms with E-state index in [0.717, 1.165) is 18.2 Å². The Bertz CT molecular complexity index is 522. The van der Waals surface area contributed by atoms with Crippen molar-refractivity contribution in [1.82, 2.24) is 0 Å². The van der Waals surface area contributed by atoms with Gasteiger partial charge in [-0.05, 0) is 18.2 Å². The Labute approximate surface area is 111 Å². The first-order valence-corrected chi connectivity index (χ1v) is 5.43. The van der Waals surface area contributed by atoms with Gasteiger partial charge < -0.3 is 19.4 Å². The van der Waals surface area contributed by atoms with E-state index in [1.54, 1.807) is 0 Å². The lowest BCUT2D eigenvalue weighted by Crippen LogP contribution is -2.23. The molecule has 1 aromatic rings. The number of carbonyl (C=O) groups is 2. The van der Waals surface area contributed by atoms with E-state index in [9.17, 15) is 27.9 Å². The molecule has 0 bridgehead atoms. The minimum Gasteiger partial charge on any atom is -0.545 e. The summed E-state index contributed by atoms with van der Waals surface area (Å²) in [6.45, 7) is 2.93. The molecule has 0 aliphatic rings. The van der Waals surface area contributed by atoms with Crippen molar-refractivity contribution in [2.24, 2.45) is 5.92 Å². The zero-order valence-electron chi connectivity index (χ0n) is 10.5. The van der Waals surface area contributed by atoms with E-state index in [2.05, 4.69) is 9.47 Å². The molecule has 1 rings (SSSR count). The highest BCUT2D eigenvalue weighted by atomic mass is 19.4. The highest BCUT2D eigenvalue weighted by Crippen LogP contribution is 2.33. The number of ether oxygens (including phenoxy) is 2. The Hall–Kier alpha value is -2.25. The van der Waals surface area contributed by atoms with Gasteiger partial charge >= 0.3 is 12.3 Å². The number of alkyl halides is 3. The van der Waals surface area contributed by atoms with Gasteiger partial charge in [-0.25, -0.2) is 0 Å². The average Bonchev–Trinajstić information content (AvgIpc) is 2.28. The van der Waals surface area contributed by atoms with Crippen LogP contribution in [-0.4, -0.2) is 18.3 Å². The normalized spacial score (nSPS) is 11.3. The molecule has 0 N–H and O–H groups in total. The van der Waals surface area contributed by atoms with Crippen molar-refractivity contribution in [3.8, 4) is 11.5 Å². The van der Waals surface area contributed by atoms with Gasteiger partial charge in [0, 0.05) is 5.56 Å². The van der Waals surface area contributed by atoms with Crippen LogP contribution in [0.1, 0.15) is 24.2 Å². The maximum Gasteiger partial charge on any atom is 0.573 e. The SMILES string of the molecule is CC(C)C(=O)Oc1cc(C(=O)[O-])ccc1OC(F)(F)F. The lowest BCUT2D eigenvalue weighted by molar-refractivity contribution is -0.275. The van der Waals surface area contributed by atoms with E-state index < -0.39 is 41.3 Å². The Morgan fingerprint density at radius 1 is 1.20 bits per heavy atom. The largest absolute Gasteiger partial charge is 0.573 e. The molecule has 0 aromatic heterocycles. The van der Waals surface area contributed by atoms with Gasteiger partial charge in [-0.2, -0.15) is 0 Å². The summed E-state index contributed by atoms with van der Waals surface area (Å²) in [5, 5.41) is 10.7. The number of rotatable bonds is 4. The third kappa shape index (κ3) is 4.45. The smallest absolute Gasteiger partial charge is 0.545 e. The van der Waals surface area contributed by atoms with Crippen LogP contribution in [0.5, 0.6) is 11.5 Å². The standard InChI is InChI=1S/C12H11F3O5/c1-6(2)11(18)19-9-5-7(10(16)17)3-4-8(9)20-12(13,14)15/h3-6H,1-2H3,(H,16,17)/p-1. The van der Waals surface area contributed by atoms with E-state index in [4.69, 9.17) is 0 Å². The quantitative estimate of drug-likeness (QED) is 0.621. The van der Waals surface area contributed by atoms with Crippen LogP contribution in [0.15, 0.2) is 18.2 Å². The molecule has 20 heavy (non-hydrogen) atoms. The second-order valence-corrected chi connectivity index (χ2v) is 4.07. The third-order valence-corrected chi connectivity index (χ3v) is 2.09. The predicted molar refractivity (Wildman–Crippen MR) is 57.9 cm³/mol. The number of aromatic carboxylic acids is 1. The van der Waals surface area contributed by atoms with Gasteiger partial charge in [-0.3, -0.25) is 4.79 Å². The first-order valence-electron chi connectivity index (χ1n) is 5.43. The molecule has 0 heterocycles. The zero-order valence-corrected chi connectivity index (χ0v) is 10.5. The molecule has 8 heteroatoms. The van der Waals surface area contributed by atoms with Gasteiger partial charge in [-0.1, -0.05) is 13.8 Å². The summed E-state index contributed by atoms with van der Waals surface area (Å²) in [5.41, 5.74) is -0.439. The molecule has 0 aliphatic heterocycles. The number of benzene rings is 1. The summed E-state index contributed by atoms with van der Waals surface area (Å²) in [7, 11) is 0. The minimum absolute atomic E-state index is 0.439. The summed E-state index contributed by atoms with van der Waals surface area (Å²) in [6.07, 6.45) is -5.00. The molecular formula is C12H10F3O5-. The molecule has 0 unspecified atom stereocenters. The number of halogens is 3. The molecule has 0 radical (unpaired) electrons. The van der Waals surface area contributed by atoms with E-state index >= 15 is 0 Å². The Morgan fingerprint density at radius 2 is 1.80 bits per heavy atom. The molecule has 0 spiro atoms. The molecule has 0 aliphatic carbocycles. The van der Waals surface area contributed by atoms with Gasteiger partial charge in [-0.15, -0.1) is 13.2 Å². The number of carbonyl (C=O) groups excluding carboxylic acids is 2. The fourth-order valence-corrected chi connectivity index (χ4v) is 1.15. The van der Waals surface area contributed by atoms with E-state index in [1.165, 1.54) is 13.8 Å². The fourth-order valence-electron chi connectivity index (χ4n) is 1.15. The first-order chi connectivity index (χ1) is 9.10. The van der Waals surface area contributed by atoms with Crippen LogP contribution in [0.25, 0.3) is 0 Å². The second kappa shape index (κ2) is 5.81. The highest BCUT2D eigenvalue weighted by molar-refractivity contribution is 5.87. The number of carboxylic acids is 1. The average molecular weight is 291 g/mol. The van der Waals surface area contributed by atoms with Crippen LogP contribution < -0.4 is 14.6 Å². The summed E-state index contributed by atoms with van der Waals surface area (Å²) < 4.78 is 44.9. The van der Waals surface area contributed by atoms with Crippen molar-refractivity contribution in [3.63, 3.8) is 0 Å². The van der Waals surface area contributed by atoms with Crippen LogP contribution in [0.2, 0.25) is 0 Å². The lowest BCUT2D eigenvalue weighted by Gasteiger charge is -2.15. The highest BCUT2D eigenvalue weighted by Gasteiger charge is 2.33. The topological polar surface area (TPSA) is 75.7 Å². The minimum atomic E-state index is -5.00. The maximum absolute atomic E-state index is 12.2. The third-order valence-electron chi connectivity index (χ3n) is 2.09. The Morgan fingerprint density at radius 3 is 2.25 bits per heavy atom. The van der Waals surface area contributed by atoms with Crippen molar-refractivity contribution in [1.29, 1.82) is 0 Å². The molecular weight excluding hydrogens is 281 g/mol. The van der Waals surface area contributed by atoms with Crippen LogP contribution >= 0.6 is 0 Å². The van der Waals surface area contributed by atoms with Gasteiger partial charge in [0.2, 0.25) is 0 Å². The van der Waals surface area contributed by atoms with Crippen LogP contribution in [-0.2, 0) is 4.79 Å². The monoisotopic (exact) mass is 291 g/mol. The van der Waals surface area contributed by atoms with E-state index in [-0.39, 0.29) is 0 Å². The molecule has 110 valence electrons. The van der Waals surface area contributed by atoms with Crippen LogP contribution in [0.3, 0.4) is 0 Å². The molecule has 5 nitrogen and oxygen atoms in total. The molecule has 0 amide bonds. The Kier molecular flexibility index (Phi) is 4.59. The van der Waals surface area contributed by atoms with Gasteiger partial charge in [0.05, 0.1) is 11.9 Å². The number of carboxylic acid groups (broad SMARTS) is 1. The summed E-state index contributed by atoms with van der Waals surface area (Å²) >= 11 is 0. The van der Waals surface area contributed by atoms with E-state index in [0.29, 0.717) is 0 Å². The van der Waals surface area contributed by atoms with Crippen molar-refractivity contribution in [2.45, 2.75) is 20.2 Å². The van der Waals surface area contributed by atoms with Crippen molar-refractivity contribution < 1.29 is 37.3 Å². The summed E-state index contributed by atoms with van der Waals surface area (Å²) in [5.74, 6) is -4.50. The molecule has 0 atom stereocenters.